The van der Waals surface area contributed by atoms with Gasteiger partial charge in [0, 0.05) is 0 Å². The van der Waals surface area contributed by atoms with Crippen molar-refractivity contribution in [2.75, 3.05) is 0 Å². The van der Waals surface area contributed by atoms with Crippen LogP contribution in [0.4, 0.5) is 0 Å². The van der Waals surface area contributed by atoms with Gasteiger partial charge in [-0.3, -0.25) is 0 Å². The third-order valence-corrected chi connectivity index (χ3v) is 6.35. The van der Waals surface area contributed by atoms with Crippen molar-refractivity contribution in [1.29, 1.82) is 0 Å². The predicted octanol–water partition coefficient (Wildman–Crippen LogP) is -1.81. The zero-order chi connectivity index (χ0) is 18.0. The molecule has 6 N–H and O–H groups in total. The van der Waals surface area contributed by atoms with Crippen molar-refractivity contribution in [3.8, 4) is 0 Å². The van der Waals surface area contributed by atoms with E-state index in [1.165, 1.54) is 12.7 Å². The number of imidazole rings is 1. The number of fused-ring (bicyclic) bond motifs is 1. The van der Waals surface area contributed by atoms with Gasteiger partial charge in [-0.2, -0.15) is 0 Å². The van der Waals surface area contributed by atoms with Crippen molar-refractivity contribution < 1.29 is 19.7 Å². The number of rotatable bonds is 7. The Kier molecular flexibility index (Phi) is 5.62. The maximum absolute atomic E-state index is 10.9. The summed E-state index contributed by atoms with van der Waals surface area (Å²) in [4.78, 5) is 23.1. The van der Waals surface area contributed by atoms with Gasteiger partial charge >= 0.3 is 149 Å². The number of primary amides is 1. The van der Waals surface area contributed by atoms with Crippen LogP contribution in [0, 0.1) is 0 Å². The topological polar surface area (TPSA) is 162 Å². The Morgan fingerprint density at radius 2 is 2.20 bits per heavy atom. The van der Waals surface area contributed by atoms with Gasteiger partial charge in [0.2, 0.25) is 0 Å². The van der Waals surface area contributed by atoms with Gasteiger partial charge in [-0.25, -0.2) is 0 Å². The van der Waals surface area contributed by atoms with E-state index in [1.807, 2.05) is 0 Å². The molecule has 10 nitrogen and oxygen atoms in total. The van der Waals surface area contributed by atoms with Crippen LogP contribution in [0.2, 0.25) is 10.6 Å². The van der Waals surface area contributed by atoms with Gasteiger partial charge in [0.15, 0.2) is 0 Å². The summed E-state index contributed by atoms with van der Waals surface area (Å²) in [6.45, 7) is 0. The normalized spacial score (nSPS) is 27.6. The number of carbonyl (C=O) groups excluding carboxylic acids is 1. The molecule has 3 rings (SSSR count). The number of ether oxygens (including phenoxy) is 1. The molecule has 1 aliphatic rings. The predicted molar refractivity (Wildman–Crippen MR) is 88.4 cm³/mol. The third kappa shape index (κ3) is 3.81. The van der Waals surface area contributed by atoms with Crippen molar-refractivity contribution in [3.63, 3.8) is 0 Å². The molecule has 3 heterocycles. The molecular formula is C14H20N6O4Se. The Morgan fingerprint density at radius 3 is 2.96 bits per heavy atom. The second-order valence-corrected chi connectivity index (χ2v) is 8.21. The molecule has 0 bridgehead atoms. The summed E-state index contributed by atoms with van der Waals surface area (Å²) in [7, 11) is 0. The number of hydrogen-bond acceptors (Lipinski definition) is 8. The monoisotopic (exact) mass is 416 g/mol. The Hall–Kier alpha value is -1.62. The summed E-state index contributed by atoms with van der Waals surface area (Å²) >= 11 is 0.104. The molecule has 0 aromatic carbocycles. The molecule has 0 radical (unpaired) electrons. The van der Waals surface area contributed by atoms with E-state index in [9.17, 15) is 15.0 Å². The van der Waals surface area contributed by atoms with E-state index in [0.717, 1.165) is 5.32 Å². The maximum atomic E-state index is 10.9. The molecule has 136 valence electrons. The second-order valence-electron chi connectivity index (χ2n) is 5.80. The quantitative estimate of drug-likeness (QED) is 0.304. The Balaban J connectivity index is 1.60. The number of hydrogen-bond donors (Lipinski definition) is 4. The zero-order valence-corrected chi connectivity index (χ0v) is 15.0. The summed E-state index contributed by atoms with van der Waals surface area (Å²) in [6, 6.07) is -0.647. The van der Waals surface area contributed by atoms with E-state index >= 15 is 0 Å². The molecule has 0 aliphatic carbocycles. The molecule has 1 amide bonds. The van der Waals surface area contributed by atoms with Gasteiger partial charge in [-0.1, -0.05) is 0 Å². The Morgan fingerprint density at radius 1 is 1.40 bits per heavy atom. The van der Waals surface area contributed by atoms with Crippen LogP contribution in [0.1, 0.15) is 12.6 Å². The van der Waals surface area contributed by atoms with Crippen LogP contribution in [-0.4, -0.2) is 74.9 Å². The fourth-order valence-corrected chi connectivity index (χ4v) is 4.92. The molecule has 25 heavy (non-hydrogen) atoms. The van der Waals surface area contributed by atoms with Gasteiger partial charge in [-0.05, 0) is 0 Å². The first-order valence-corrected chi connectivity index (χ1v) is 10.2. The van der Waals surface area contributed by atoms with Crippen LogP contribution in [0.5, 0.6) is 0 Å². The third-order valence-electron chi connectivity index (χ3n) is 4.07. The molecule has 0 unspecified atom stereocenters. The number of nitrogens with two attached hydrogens (primary N) is 2. The molecule has 2 aromatic heterocycles. The van der Waals surface area contributed by atoms with Gasteiger partial charge in [0.1, 0.15) is 0 Å². The van der Waals surface area contributed by atoms with Crippen LogP contribution in [0.3, 0.4) is 0 Å². The average molecular weight is 415 g/mol. The standard InChI is InChI=1S/C14H20N6O4Se/c15-7(12(16)23)1-2-25-4-9-10(21)11(22)14(24-9)20-6-19-8-3-17-5-18-13(8)20/h3,5-7,9-11,14,21-22H,1-2,4,15H2,(H2,16,23)/t7-,9+,10+,11+,14+/m0/s1. The summed E-state index contributed by atoms with van der Waals surface area (Å²) in [6.07, 6.45) is 1.64. The molecule has 1 aliphatic heterocycles. The van der Waals surface area contributed by atoms with E-state index in [4.69, 9.17) is 16.2 Å². The molecule has 0 saturated carbocycles. The Labute approximate surface area is 149 Å². The summed E-state index contributed by atoms with van der Waals surface area (Å²) in [5, 5.41) is 21.9. The Bertz CT molecular complexity index is 743. The summed E-state index contributed by atoms with van der Waals surface area (Å²) in [5.41, 5.74) is 11.8. The second kappa shape index (κ2) is 7.73. The molecule has 1 saturated heterocycles. The van der Waals surface area contributed by atoms with Gasteiger partial charge in [-0.15, -0.1) is 0 Å². The summed E-state index contributed by atoms with van der Waals surface area (Å²) < 4.78 is 7.45. The van der Waals surface area contributed by atoms with Crippen molar-refractivity contribution in [3.05, 3.63) is 18.9 Å². The fraction of sp³-hybridized carbons (Fsp3) is 0.571. The van der Waals surface area contributed by atoms with Crippen molar-refractivity contribution in [1.82, 2.24) is 19.5 Å². The minimum absolute atomic E-state index is 0.104. The van der Waals surface area contributed by atoms with Crippen LogP contribution < -0.4 is 11.5 Å². The number of carbonyl (C=O) groups is 1. The molecule has 1 fully saturated rings. The number of aliphatic hydroxyl groups is 2. The van der Waals surface area contributed by atoms with E-state index < -0.39 is 36.5 Å². The number of nitrogens with zero attached hydrogens (tertiary/aromatic N) is 4. The molecular weight excluding hydrogens is 395 g/mol. The summed E-state index contributed by atoms with van der Waals surface area (Å²) in [5.74, 6) is -0.516. The minimum atomic E-state index is -1.08. The van der Waals surface area contributed by atoms with Crippen LogP contribution in [0.25, 0.3) is 11.2 Å². The number of amides is 1. The zero-order valence-electron chi connectivity index (χ0n) is 13.3. The van der Waals surface area contributed by atoms with E-state index in [-0.39, 0.29) is 15.0 Å². The molecule has 0 spiro atoms. The van der Waals surface area contributed by atoms with Gasteiger partial charge < -0.3 is 0 Å². The van der Waals surface area contributed by atoms with E-state index in [2.05, 4.69) is 15.0 Å². The van der Waals surface area contributed by atoms with Crippen LogP contribution in [-0.2, 0) is 9.53 Å². The van der Waals surface area contributed by atoms with E-state index in [0.29, 0.717) is 22.9 Å². The molecule has 5 atom stereocenters. The van der Waals surface area contributed by atoms with Gasteiger partial charge in [0.25, 0.3) is 0 Å². The average Bonchev–Trinajstić information content (AvgIpc) is 3.14. The van der Waals surface area contributed by atoms with Crippen molar-refractivity contribution in [2.45, 2.75) is 47.6 Å². The van der Waals surface area contributed by atoms with Crippen LogP contribution in [0.15, 0.2) is 18.9 Å². The molecule has 2 aromatic rings. The van der Waals surface area contributed by atoms with Crippen LogP contribution >= 0.6 is 0 Å². The van der Waals surface area contributed by atoms with E-state index in [1.54, 1.807) is 10.8 Å². The van der Waals surface area contributed by atoms with Crippen molar-refractivity contribution >= 4 is 32.0 Å². The first kappa shape index (κ1) is 18.2. The number of aliphatic hydroxyl groups excluding tert-OH is 2. The number of aromatic nitrogens is 4. The van der Waals surface area contributed by atoms with Crippen molar-refractivity contribution in [2.24, 2.45) is 11.5 Å². The van der Waals surface area contributed by atoms with Gasteiger partial charge in [0.05, 0.1) is 0 Å². The first-order valence-electron chi connectivity index (χ1n) is 7.76. The molecule has 11 heteroatoms. The fourth-order valence-electron chi connectivity index (χ4n) is 2.62. The first-order chi connectivity index (χ1) is 12.0. The SMILES string of the molecule is NC(=O)[C@@H](N)CC[Se]C[C@H]1O[C@@H](n2cnc3cncnc32)[C@H](O)[C@@H]1O.